The average Bonchev–Trinajstić information content (AvgIpc) is 2.47. The number of rotatable bonds is 3. The Morgan fingerprint density at radius 1 is 1.67 bits per heavy atom. The SMILES string of the molecule is CCCOC(=O)c1sccc1C. The minimum absolute atomic E-state index is 0.190. The van der Waals surface area contributed by atoms with E-state index in [-0.39, 0.29) is 5.97 Å². The first-order valence-corrected chi connectivity index (χ1v) is 4.85. The van der Waals surface area contributed by atoms with Gasteiger partial charge in [-0.15, -0.1) is 11.3 Å². The van der Waals surface area contributed by atoms with E-state index in [0.29, 0.717) is 6.61 Å². The molecule has 0 aliphatic rings. The van der Waals surface area contributed by atoms with Crippen LogP contribution in [-0.2, 0) is 4.74 Å². The van der Waals surface area contributed by atoms with Crippen LogP contribution in [0.15, 0.2) is 11.4 Å². The van der Waals surface area contributed by atoms with E-state index in [2.05, 4.69) is 0 Å². The van der Waals surface area contributed by atoms with Crippen LogP contribution in [0.3, 0.4) is 0 Å². The molecule has 0 atom stereocenters. The van der Waals surface area contributed by atoms with Gasteiger partial charge >= 0.3 is 5.97 Å². The molecule has 1 aromatic heterocycles. The van der Waals surface area contributed by atoms with Gasteiger partial charge in [0.05, 0.1) is 6.61 Å². The van der Waals surface area contributed by atoms with Gasteiger partial charge in [-0.3, -0.25) is 0 Å². The molecule has 1 rings (SSSR count). The van der Waals surface area contributed by atoms with Gasteiger partial charge in [-0.1, -0.05) is 6.92 Å². The van der Waals surface area contributed by atoms with Crippen LogP contribution in [0, 0.1) is 6.92 Å². The number of ether oxygens (including phenoxy) is 1. The smallest absolute Gasteiger partial charge is 0.348 e. The molecular formula is C9H12O2S. The van der Waals surface area contributed by atoms with Gasteiger partial charge in [-0.25, -0.2) is 4.79 Å². The Balaban J connectivity index is 2.59. The lowest BCUT2D eigenvalue weighted by molar-refractivity contribution is 0.0510. The van der Waals surface area contributed by atoms with Crippen molar-refractivity contribution >= 4 is 17.3 Å². The van der Waals surface area contributed by atoms with Crippen LogP contribution in [0.2, 0.25) is 0 Å². The van der Waals surface area contributed by atoms with Crippen LogP contribution in [0.5, 0.6) is 0 Å². The molecule has 66 valence electrons. The number of carbonyl (C=O) groups is 1. The van der Waals surface area contributed by atoms with E-state index in [4.69, 9.17) is 4.74 Å². The van der Waals surface area contributed by atoms with E-state index < -0.39 is 0 Å². The zero-order valence-electron chi connectivity index (χ0n) is 7.29. The van der Waals surface area contributed by atoms with Crippen molar-refractivity contribution in [3.8, 4) is 0 Å². The quantitative estimate of drug-likeness (QED) is 0.675. The fraction of sp³-hybridized carbons (Fsp3) is 0.444. The summed E-state index contributed by atoms with van der Waals surface area (Å²) in [4.78, 5) is 12.0. The molecule has 0 unspecified atom stereocenters. The van der Waals surface area contributed by atoms with Gasteiger partial charge in [-0.2, -0.15) is 0 Å². The highest BCUT2D eigenvalue weighted by Crippen LogP contribution is 2.16. The molecule has 0 bridgehead atoms. The van der Waals surface area contributed by atoms with Crippen molar-refractivity contribution in [2.75, 3.05) is 6.61 Å². The van der Waals surface area contributed by atoms with Crippen molar-refractivity contribution in [1.82, 2.24) is 0 Å². The summed E-state index contributed by atoms with van der Waals surface area (Å²) >= 11 is 1.43. The molecule has 1 aromatic rings. The molecule has 0 aliphatic heterocycles. The number of hydrogen-bond donors (Lipinski definition) is 0. The summed E-state index contributed by atoms with van der Waals surface area (Å²) in [5.74, 6) is -0.190. The number of esters is 1. The van der Waals surface area contributed by atoms with Gasteiger partial charge in [0.25, 0.3) is 0 Å². The fourth-order valence-electron chi connectivity index (χ4n) is 0.842. The number of thiophene rings is 1. The van der Waals surface area contributed by atoms with Crippen molar-refractivity contribution in [3.63, 3.8) is 0 Å². The lowest BCUT2D eigenvalue weighted by atomic mass is 10.3. The first-order chi connectivity index (χ1) is 5.75. The zero-order chi connectivity index (χ0) is 8.97. The number of aryl methyl sites for hydroxylation is 1. The Morgan fingerprint density at radius 2 is 2.42 bits per heavy atom. The molecule has 3 heteroatoms. The summed E-state index contributed by atoms with van der Waals surface area (Å²) in [6, 6.07) is 1.92. The Morgan fingerprint density at radius 3 is 2.92 bits per heavy atom. The van der Waals surface area contributed by atoms with Gasteiger partial charge in [0.1, 0.15) is 4.88 Å². The molecule has 0 radical (unpaired) electrons. The highest BCUT2D eigenvalue weighted by molar-refractivity contribution is 7.12. The standard InChI is InChI=1S/C9H12O2S/c1-3-5-11-9(10)8-7(2)4-6-12-8/h4,6H,3,5H2,1-2H3. The molecule has 0 saturated heterocycles. The van der Waals surface area contributed by atoms with Gasteiger partial charge in [0.2, 0.25) is 0 Å². The topological polar surface area (TPSA) is 26.3 Å². The lowest BCUT2D eigenvalue weighted by Crippen LogP contribution is -2.04. The van der Waals surface area contributed by atoms with Crippen LogP contribution in [0.1, 0.15) is 28.6 Å². The summed E-state index contributed by atoms with van der Waals surface area (Å²) in [5, 5.41) is 1.90. The molecule has 2 nitrogen and oxygen atoms in total. The summed E-state index contributed by atoms with van der Waals surface area (Å²) in [5.41, 5.74) is 1.00. The summed E-state index contributed by atoms with van der Waals surface area (Å²) in [7, 11) is 0. The molecule has 0 spiro atoms. The normalized spacial score (nSPS) is 9.83. The maximum absolute atomic E-state index is 11.3. The van der Waals surface area contributed by atoms with Gasteiger partial charge in [0, 0.05) is 0 Å². The largest absolute Gasteiger partial charge is 0.462 e. The van der Waals surface area contributed by atoms with E-state index in [1.54, 1.807) is 0 Å². The zero-order valence-corrected chi connectivity index (χ0v) is 8.11. The molecule has 0 aromatic carbocycles. The van der Waals surface area contributed by atoms with Crippen LogP contribution >= 0.6 is 11.3 Å². The molecule has 0 fully saturated rings. The Hall–Kier alpha value is -0.830. The average molecular weight is 184 g/mol. The highest BCUT2D eigenvalue weighted by Gasteiger charge is 2.10. The monoisotopic (exact) mass is 184 g/mol. The maximum Gasteiger partial charge on any atom is 0.348 e. The first-order valence-electron chi connectivity index (χ1n) is 3.97. The van der Waals surface area contributed by atoms with Crippen molar-refractivity contribution < 1.29 is 9.53 Å². The molecular weight excluding hydrogens is 172 g/mol. The minimum atomic E-state index is -0.190. The van der Waals surface area contributed by atoms with E-state index in [1.165, 1.54) is 11.3 Å². The number of hydrogen-bond acceptors (Lipinski definition) is 3. The Bertz CT molecular complexity index is 265. The second kappa shape index (κ2) is 4.26. The van der Waals surface area contributed by atoms with Gasteiger partial charge in [0.15, 0.2) is 0 Å². The number of carbonyl (C=O) groups excluding carboxylic acids is 1. The van der Waals surface area contributed by atoms with Crippen molar-refractivity contribution in [3.05, 3.63) is 21.9 Å². The first kappa shape index (κ1) is 9.26. The van der Waals surface area contributed by atoms with E-state index in [9.17, 15) is 4.79 Å². The second-order valence-electron chi connectivity index (χ2n) is 2.57. The predicted molar refractivity (Wildman–Crippen MR) is 49.6 cm³/mol. The van der Waals surface area contributed by atoms with Crippen molar-refractivity contribution in [2.45, 2.75) is 20.3 Å². The van der Waals surface area contributed by atoms with Crippen LogP contribution in [0.25, 0.3) is 0 Å². The molecule has 0 aliphatic carbocycles. The molecule has 1 heterocycles. The molecule has 0 saturated carbocycles. The fourth-order valence-corrected chi connectivity index (χ4v) is 1.66. The van der Waals surface area contributed by atoms with E-state index in [1.807, 2.05) is 25.3 Å². The van der Waals surface area contributed by atoms with Crippen LogP contribution < -0.4 is 0 Å². The third-order valence-electron chi connectivity index (χ3n) is 1.48. The lowest BCUT2D eigenvalue weighted by Gasteiger charge is -2.00. The third kappa shape index (κ3) is 2.08. The summed E-state index contributed by atoms with van der Waals surface area (Å²) in [6.07, 6.45) is 0.871. The Kier molecular flexibility index (Phi) is 3.29. The van der Waals surface area contributed by atoms with Gasteiger partial charge < -0.3 is 4.74 Å². The maximum atomic E-state index is 11.3. The summed E-state index contributed by atoms with van der Waals surface area (Å²) in [6.45, 7) is 4.41. The molecule has 0 N–H and O–H groups in total. The third-order valence-corrected chi connectivity index (χ3v) is 2.48. The summed E-state index contributed by atoms with van der Waals surface area (Å²) < 4.78 is 4.99. The second-order valence-corrected chi connectivity index (χ2v) is 3.48. The van der Waals surface area contributed by atoms with Gasteiger partial charge in [-0.05, 0) is 30.4 Å². The predicted octanol–water partition coefficient (Wildman–Crippen LogP) is 2.62. The van der Waals surface area contributed by atoms with Crippen LogP contribution in [-0.4, -0.2) is 12.6 Å². The molecule has 12 heavy (non-hydrogen) atoms. The Labute approximate surface area is 76.2 Å². The van der Waals surface area contributed by atoms with Crippen molar-refractivity contribution in [2.24, 2.45) is 0 Å². The molecule has 0 amide bonds. The van der Waals surface area contributed by atoms with Crippen LogP contribution in [0.4, 0.5) is 0 Å². The van der Waals surface area contributed by atoms with E-state index >= 15 is 0 Å². The van der Waals surface area contributed by atoms with Crippen molar-refractivity contribution in [1.29, 1.82) is 0 Å². The minimum Gasteiger partial charge on any atom is -0.462 e. The van der Waals surface area contributed by atoms with E-state index in [0.717, 1.165) is 16.9 Å². The highest BCUT2D eigenvalue weighted by atomic mass is 32.1.